The third-order valence-electron chi connectivity index (χ3n) is 3.25. The van der Waals surface area contributed by atoms with Gasteiger partial charge in [-0.1, -0.05) is 51.1 Å². The van der Waals surface area contributed by atoms with Crippen LogP contribution >= 0.6 is 11.5 Å². The van der Waals surface area contributed by atoms with Gasteiger partial charge < -0.3 is 4.74 Å². The lowest BCUT2D eigenvalue weighted by atomic mass is 9.86. The molecule has 2 nitrogen and oxygen atoms in total. The fourth-order valence-electron chi connectivity index (χ4n) is 2.22. The predicted octanol–water partition coefficient (Wildman–Crippen LogP) is 5.39. The lowest BCUT2D eigenvalue weighted by Gasteiger charge is -2.22. The Hall–Kier alpha value is -1.87. The van der Waals surface area contributed by atoms with E-state index in [9.17, 15) is 0 Å². The van der Waals surface area contributed by atoms with Crippen molar-refractivity contribution in [3.05, 3.63) is 54.1 Å². The van der Waals surface area contributed by atoms with Gasteiger partial charge in [-0.25, -0.2) is 0 Å². The van der Waals surface area contributed by atoms with Crippen LogP contribution in [0.5, 0.6) is 11.6 Å². The second-order valence-corrected chi connectivity index (χ2v) is 6.64. The van der Waals surface area contributed by atoms with Crippen molar-refractivity contribution in [1.82, 2.24) is 4.37 Å². The number of ether oxygens (including phenoxy) is 1. The Morgan fingerprint density at radius 2 is 1.65 bits per heavy atom. The Balaban J connectivity index is 2.04. The highest BCUT2D eigenvalue weighted by Crippen LogP contribution is 2.36. The smallest absolute Gasteiger partial charge is 0.238 e. The van der Waals surface area contributed by atoms with E-state index in [0.717, 1.165) is 15.8 Å². The Bertz CT molecular complexity index is 740. The molecule has 0 aliphatic rings. The van der Waals surface area contributed by atoms with Crippen molar-refractivity contribution in [3.8, 4) is 11.6 Å². The van der Waals surface area contributed by atoms with Gasteiger partial charge >= 0.3 is 0 Å². The summed E-state index contributed by atoms with van der Waals surface area (Å²) in [4.78, 5) is 0. The van der Waals surface area contributed by atoms with Crippen LogP contribution in [0.4, 0.5) is 0 Å². The van der Waals surface area contributed by atoms with Gasteiger partial charge in [-0.3, -0.25) is 0 Å². The van der Waals surface area contributed by atoms with Crippen LogP contribution in [0.2, 0.25) is 0 Å². The third kappa shape index (κ3) is 2.41. The Morgan fingerprint density at radius 3 is 2.45 bits per heavy atom. The zero-order valence-electron chi connectivity index (χ0n) is 11.9. The number of hydrogen-bond acceptors (Lipinski definition) is 3. The van der Waals surface area contributed by atoms with E-state index in [0.29, 0.717) is 5.88 Å². The van der Waals surface area contributed by atoms with E-state index in [1.807, 2.05) is 36.4 Å². The molecule has 3 rings (SSSR count). The monoisotopic (exact) mass is 283 g/mol. The minimum Gasteiger partial charge on any atom is -0.437 e. The number of nitrogens with zero attached hydrogens (tertiary/aromatic N) is 1. The van der Waals surface area contributed by atoms with Crippen LogP contribution in [-0.2, 0) is 5.41 Å². The normalized spacial score (nSPS) is 11.8. The molecule has 0 aliphatic carbocycles. The van der Waals surface area contributed by atoms with Crippen LogP contribution in [0, 0.1) is 0 Å². The minimum absolute atomic E-state index is 0.0441. The van der Waals surface area contributed by atoms with Crippen LogP contribution in [0.3, 0.4) is 0 Å². The molecule has 3 heteroatoms. The van der Waals surface area contributed by atoms with Gasteiger partial charge in [0.2, 0.25) is 5.88 Å². The number of benzene rings is 2. The maximum atomic E-state index is 6.09. The molecule has 2 aromatic carbocycles. The highest BCUT2D eigenvalue weighted by molar-refractivity contribution is 7.13. The van der Waals surface area contributed by atoms with Gasteiger partial charge in [-0.2, -0.15) is 4.37 Å². The summed E-state index contributed by atoms with van der Waals surface area (Å²) >= 11 is 1.47. The van der Waals surface area contributed by atoms with Crippen LogP contribution in [-0.4, -0.2) is 4.37 Å². The molecule has 0 spiro atoms. The summed E-state index contributed by atoms with van der Waals surface area (Å²) in [6.07, 6.45) is 0. The molecule has 3 aromatic rings. The summed E-state index contributed by atoms with van der Waals surface area (Å²) in [5.74, 6) is 1.58. The van der Waals surface area contributed by atoms with E-state index in [1.165, 1.54) is 17.1 Å². The minimum atomic E-state index is 0.0441. The summed E-state index contributed by atoms with van der Waals surface area (Å²) in [7, 11) is 0. The first-order valence-corrected chi connectivity index (χ1v) is 7.45. The van der Waals surface area contributed by atoms with Gasteiger partial charge in [0.05, 0.1) is 10.1 Å². The zero-order chi connectivity index (χ0) is 14.2. The Labute approximate surface area is 123 Å². The fourth-order valence-corrected chi connectivity index (χ4v) is 2.93. The number of aromatic nitrogens is 1. The summed E-state index contributed by atoms with van der Waals surface area (Å²) in [6.45, 7) is 6.57. The largest absolute Gasteiger partial charge is 0.437 e. The van der Waals surface area contributed by atoms with Crippen LogP contribution < -0.4 is 4.74 Å². The molecule has 1 heterocycles. The van der Waals surface area contributed by atoms with Gasteiger partial charge in [-0.05, 0) is 35.1 Å². The SMILES string of the molecule is CC(C)(C)c1ccccc1Oc1nsc2ccccc12. The van der Waals surface area contributed by atoms with Crippen molar-refractivity contribution in [2.75, 3.05) is 0 Å². The van der Waals surface area contributed by atoms with Gasteiger partial charge in [0.25, 0.3) is 0 Å². The van der Waals surface area contributed by atoms with Crippen LogP contribution in [0.25, 0.3) is 10.1 Å². The van der Waals surface area contributed by atoms with Gasteiger partial charge in [0.15, 0.2) is 0 Å². The Kier molecular flexibility index (Phi) is 3.22. The highest BCUT2D eigenvalue weighted by Gasteiger charge is 2.19. The first kappa shape index (κ1) is 13.1. The molecule has 0 saturated heterocycles. The number of para-hydroxylation sites is 1. The molecule has 0 amide bonds. The second kappa shape index (κ2) is 4.91. The molecule has 0 radical (unpaired) electrons. The summed E-state index contributed by atoms with van der Waals surface area (Å²) in [5, 5.41) is 1.07. The van der Waals surface area contributed by atoms with E-state index in [-0.39, 0.29) is 5.41 Å². The average Bonchev–Trinajstić information content (AvgIpc) is 2.82. The van der Waals surface area contributed by atoms with Gasteiger partial charge in [-0.15, -0.1) is 0 Å². The first-order chi connectivity index (χ1) is 9.55. The molecule has 102 valence electrons. The Morgan fingerprint density at radius 1 is 0.950 bits per heavy atom. The molecular formula is C17H17NOS. The lowest BCUT2D eigenvalue weighted by Crippen LogP contribution is -2.12. The number of fused-ring (bicyclic) bond motifs is 1. The molecule has 0 unspecified atom stereocenters. The fraction of sp³-hybridized carbons (Fsp3) is 0.235. The van der Waals surface area contributed by atoms with E-state index >= 15 is 0 Å². The molecule has 0 aliphatic heterocycles. The average molecular weight is 283 g/mol. The van der Waals surface area contributed by atoms with Crippen LogP contribution in [0.1, 0.15) is 26.3 Å². The van der Waals surface area contributed by atoms with Crippen molar-refractivity contribution >= 4 is 21.6 Å². The topological polar surface area (TPSA) is 22.1 Å². The van der Waals surface area contributed by atoms with Crippen molar-refractivity contribution in [2.24, 2.45) is 0 Å². The molecule has 0 atom stereocenters. The third-order valence-corrected chi connectivity index (χ3v) is 4.06. The first-order valence-electron chi connectivity index (χ1n) is 6.67. The van der Waals surface area contributed by atoms with E-state index in [4.69, 9.17) is 4.74 Å². The predicted molar refractivity (Wildman–Crippen MR) is 84.8 cm³/mol. The van der Waals surface area contributed by atoms with Crippen molar-refractivity contribution in [3.63, 3.8) is 0 Å². The van der Waals surface area contributed by atoms with Crippen molar-refractivity contribution < 1.29 is 4.74 Å². The molecule has 1 aromatic heterocycles. The molecule has 0 saturated carbocycles. The number of hydrogen-bond donors (Lipinski definition) is 0. The van der Waals surface area contributed by atoms with Crippen molar-refractivity contribution in [1.29, 1.82) is 0 Å². The van der Waals surface area contributed by atoms with Crippen molar-refractivity contribution in [2.45, 2.75) is 26.2 Å². The summed E-state index contributed by atoms with van der Waals surface area (Å²) in [6, 6.07) is 16.3. The summed E-state index contributed by atoms with van der Waals surface area (Å²) < 4.78 is 11.7. The van der Waals surface area contributed by atoms with E-state index in [2.05, 4.69) is 37.3 Å². The maximum Gasteiger partial charge on any atom is 0.238 e. The van der Waals surface area contributed by atoms with Gasteiger partial charge in [0.1, 0.15) is 5.75 Å². The maximum absolute atomic E-state index is 6.09. The highest BCUT2D eigenvalue weighted by atomic mass is 32.1. The quantitative estimate of drug-likeness (QED) is 0.629. The van der Waals surface area contributed by atoms with Gasteiger partial charge in [0, 0.05) is 5.56 Å². The second-order valence-electron chi connectivity index (χ2n) is 5.83. The lowest BCUT2D eigenvalue weighted by molar-refractivity contribution is 0.449. The standard InChI is InChI=1S/C17H17NOS/c1-17(2,3)13-9-5-6-10-14(13)19-16-12-8-4-7-11-15(12)20-18-16/h4-11H,1-3H3. The summed E-state index contributed by atoms with van der Waals surface area (Å²) in [5.41, 5.74) is 1.24. The molecular weight excluding hydrogens is 266 g/mol. The molecule has 0 fully saturated rings. The molecule has 0 N–H and O–H groups in total. The zero-order valence-corrected chi connectivity index (χ0v) is 12.7. The molecule has 20 heavy (non-hydrogen) atoms. The van der Waals surface area contributed by atoms with E-state index < -0.39 is 0 Å². The number of rotatable bonds is 2. The molecule has 0 bridgehead atoms. The van der Waals surface area contributed by atoms with E-state index in [1.54, 1.807) is 0 Å². The van der Waals surface area contributed by atoms with Crippen LogP contribution in [0.15, 0.2) is 48.5 Å².